The number of anilines is 1. The van der Waals surface area contributed by atoms with Crippen LogP contribution in [0.3, 0.4) is 0 Å². The Morgan fingerprint density at radius 2 is 2.06 bits per heavy atom. The highest BCUT2D eigenvalue weighted by Crippen LogP contribution is 2.25. The zero-order valence-electron chi connectivity index (χ0n) is 17.5. The molecule has 2 aliphatic heterocycles. The Bertz CT molecular complexity index is 1040. The first kappa shape index (κ1) is 20.9. The van der Waals surface area contributed by atoms with Gasteiger partial charge < -0.3 is 19.7 Å². The number of esters is 1. The number of amides is 1. The van der Waals surface area contributed by atoms with E-state index in [2.05, 4.69) is 22.4 Å². The van der Waals surface area contributed by atoms with Gasteiger partial charge in [0.1, 0.15) is 18.4 Å². The molecule has 1 saturated heterocycles. The Balaban J connectivity index is 1.25. The molecule has 31 heavy (non-hydrogen) atoms. The van der Waals surface area contributed by atoms with E-state index in [1.807, 2.05) is 12.1 Å². The van der Waals surface area contributed by atoms with E-state index in [4.69, 9.17) is 14.7 Å². The number of carbonyl (C=O) groups excluding carboxylic acids is 2. The van der Waals surface area contributed by atoms with Gasteiger partial charge >= 0.3 is 5.97 Å². The average Bonchev–Trinajstić information content (AvgIpc) is 3.18. The molecule has 0 aliphatic carbocycles. The molecule has 1 amide bonds. The van der Waals surface area contributed by atoms with Crippen LogP contribution < -0.4 is 10.1 Å². The lowest BCUT2D eigenvalue weighted by Gasteiger charge is -2.31. The minimum Gasteiger partial charge on any atom is -0.495 e. The van der Waals surface area contributed by atoms with Crippen LogP contribution in [-0.2, 0) is 22.6 Å². The zero-order valence-corrected chi connectivity index (χ0v) is 17.5. The predicted molar refractivity (Wildman–Crippen MR) is 115 cm³/mol. The van der Waals surface area contributed by atoms with Crippen molar-refractivity contribution in [3.05, 3.63) is 58.7 Å². The number of methoxy groups -OCH3 is 1. The SMILES string of the molecule is COc1cc(NC(=O)C2CCN(CCc3ccc4c(c3)COC4=O)CC2)ccc1C#N. The van der Waals surface area contributed by atoms with Crippen molar-refractivity contribution < 1.29 is 19.1 Å². The second-order valence-electron chi connectivity index (χ2n) is 7.95. The minimum atomic E-state index is -0.235. The average molecular weight is 419 g/mol. The maximum Gasteiger partial charge on any atom is 0.338 e. The Morgan fingerprint density at radius 3 is 2.81 bits per heavy atom. The van der Waals surface area contributed by atoms with Crippen LogP contribution in [0.4, 0.5) is 5.69 Å². The van der Waals surface area contributed by atoms with Crippen molar-refractivity contribution in [2.24, 2.45) is 5.92 Å². The van der Waals surface area contributed by atoms with Crippen molar-refractivity contribution in [1.82, 2.24) is 4.90 Å². The first-order chi connectivity index (χ1) is 15.1. The highest BCUT2D eigenvalue weighted by Gasteiger charge is 2.25. The van der Waals surface area contributed by atoms with E-state index in [9.17, 15) is 9.59 Å². The summed E-state index contributed by atoms with van der Waals surface area (Å²) in [5.41, 5.74) is 3.93. The van der Waals surface area contributed by atoms with Crippen LogP contribution in [0.15, 0.2) is 36.4 Å². The largest absolute Gasteiger partial charge is 0.495 e. The van der Waals surface area contributed by atoms with Crippen molar-refractivity contribution in [3.8, 4) is 11.8 Å². The zero-order chi connectivity index (χ0) is 21.8. The van der Waals surface area contributed by atoms with Gasteiger partial charge in [0.2, 0.25) is 5.91 Å². The van der Waals surface area contributed by atoms with Crippen LogP contribution in [0.5, 0.6) is 5.75 Å². The maximum absolute atomic E-state index is 12.7. The fourth-order valence-electron chi connectivity index (χ4n) is 4.15. The third-order valence-electron chi connectivity index (χ3n) is 6.01. The van der Waals surface area contributed by atoms with E-state index >= 15 is 0 Å². The van der Waals surface area contributed by atoms with Crippen molar-refractivity contribution in [2.45, 2.75) is 25.9 Å². The van der Waals surface area contributed by atoms with E-state index in [1.54, 1.807) is 18.2 Å². The topological polar surface area (TPSA) is 91.7 Å². The molecule has 4 rings (SSSR count). The number of carbonyl (C=O) groups is 2. The Morgan fingerprint density at radius 1 is 1.26 bits per heavy atom. The van der Waals surface area contributed by atoms with Gasteiger partial charge in [-0.3, -0.25) is 4.79 Å². The molecule has 0 unspecified atom stereocenters. The molecule has 2 aromatic rings. The van der Waals surface area contributed by atoms with Crippen molar-refractivity contribution >= 4 is 17.6 Å². The lowest BCUT2D eigenvalue weighted by molar-refractivity contribution is -0.121. The number of likely N-dealkylation sites (tertiary alicyclic amines) is 1. The highest BCUT2D eigenvalue weighted by molar-refractivity contribution is 5.93. The molecule has 2 aromatic carbocycles. The quantitative estimate of drug-likeness (QED) is 0.724. The Hall–Kier alpha value is -3.37. The fraction of sp³-hybridized carbons (Fsp3) is 0.375. The molecule has 2 aliphatic rings. The van der Waals surface area contributed by atoms with Crippen molar-refractivity contribution in [1.29, 1.82) is 5.26 Å². The fourth-order valence-corrected chi connectivity index (χ4v) is 4.15. The van der Waals surface area contributed by atoms with Gasteiger partial charge in [-0.05, 0) is 56.1 Å². The number of nitrogens with one attached hydrogen (secondary N) is 1. The summed E-state index contributed by atoms with van der Waals surface area (Å²) in [4.78, 5) is 26.6. The van der Waals surface area contributed by atoms with Crippen molar-refractivity contribution in [3.63, 3.8) is 0 Å². The van der Waals surface area contributed by atoms with Gasteiger partial charge in [0.15, 0.2) is 0 Å². The predicted octanol–water partition coefficient (Wildman–Crippen LogP) is 3.13. The van der Waals surface area contributed by atoms with Crippen LogP contribution in [0.1, 0.15) is 39.9 Å². The summed E-state index contributed by atoms with van der Waals surface area (Å²) in [5, 5.41) is 12.0. The summed E-state index contributed by atoms with van der Waals surface area (Å²) < 4.78 is 10.3. The van der Waals surface area contributed by atoms with Crippen LogP contribution in [-0.4, -0.2) is 43.5 Å². The van der Waals surface area contributed by atoms with Crippen molar-refractivity contribution in [2.75, 3.05) is 32.1 Å². The molecule has 0 aromatic heterocycles. The smallest absolute Gasteiger partial charge is 0.338 e. The molecule has 7 heteroatoms. The second kappa shape index (κ2) is 9.19. The lowest BCUT2D eigenvalue weighted by Crippen LogP contribution is -2.39. The summed E-state index contributed by atoms with van der Waals surface area (Å²) in [6, 6.07) is 13.0. The Kier molecular flexibility index (Phi) is 6.19. The number of ether oxygens (including phenoxy) is 2. The van der Waals surface area contributed by atoms with Crippen LogP contribution in [0, 0.1) is 17.2 Å². The number of benzene rings is 2. The highest BCUT2D eigenvalue weighted by atomic mass is 16.5. The molecule has 2 heterocycles. The van der Waals surface area contributed by atoms with E-state index in [-0.39, 0.29) is 17.8 Å². The third-order valence-corrected chi connectivity index (χ3v) is 6.01. The number of piperidine rings is 1. The molecule has 0 bridgehead atoms. The summed E-state index contributed by atoms with van der Waals surface area (Å²) >= 11 is 0. The summed E-state index contributed by atoms with van der Waals surface area (Å²) in [6.07, 6.45) is 2.53. The summed E-state index contributed by atoms with van der Waals surface area (Å²) in [7, 11) is 1.51. The van der Waals surface area contributed by atoms with Gasteiger partial charge in [-0.25, -0.2) is 4.79 Å². The standard InChI is InChI=1S/C24H25N3O4/c1-30-22-13-20(4-3-18(22)14-25)26-23(28)17-7-10-27(11-8-17)9-6-16-2-5-21-19(12-16)15-31-24(21)29/h2-5,12-13,17H,6-11,15H2,1H3,(H,26,28). The molecule has 1 N–H and O–H groups in total. The van der Waals surface area contributed by atoms with Gasteiger partial charge in [-0.1, -0.05) is 12.1 Å². The van der Waals surface area contributed by atoms with Crippen LogP contribution >= 0.6 is 0 Å². The second-order valence-corrected chi connectivity index (χ2v) is 7.95. The number of nitriles is 1. The van der Waals surface area contributed by atoms with Gasteiger partial charge in [0.05, 0.1) is 18.2 Å². The first-order valence-electron chi connectivity index (χ1n) is 10.5. The normalized spacial score (nSPS) is 16.3. The third kappa shape index (κ3) is 4.70. The monoisotopic (exact) mass is 419 g/mol. The molecular weight excluding hydrogens is 394 g/mol. The number of fused-ring (bicyclic) bond motifs is 1. The number of nitrogens with zero attached hydrogens (tertiary/aromatic N) is 2. The molecule has 0 radical (unpaired) electrons. The first-order valence-corrected chi connectivity index (χ1v) is 10.5. The lowest BCUT2D eigenvalue weighted by atomic mass is 9.95. The van der Waals surface area contributed by atoms with Crippen LogP contribution in [0.2, 0.25) is 0 Å². The van der Waals surface area contributed by atoms with Gasteiger partial charge in [-0.2, -0.15) is 5.26 Å². The number of hydrogen-bond donors (Lipinski definition) is 1. The molecule has 0 saturated carbocycles. The Labute approximate surface area is 181 Å². The van der Waals surface area contributed by atoms with Gasteiger partial charge in [-0.15, -0.1) is 0 Å². The minimum absolute atomic E-state index is 0.00898. The number of rotatable bonds is 6. The summed E-state index contributed by atoms with van der Waals surface area (Å²) in [5.74, 6) is 0.203. The molecular formula is C24H25N3O4. The molecule has 0 spiro atoms. The molecule has 7 nitrogen and oxygen atoms in total. The van der Waals surface area contributed by atoms with Crippen LogP contribution in [0.25, 0.3) is 0 Å². The van der Waals surface area contributed by atoms with E-state index in [1.165, 1.54) is 12.7 Å². The number of cyclic esters (lactones) is 1. The van der Waals surface area contributed by atoms with Gasteiger partial charge in [0.25, 0.3) is 0 Å². The number of hydrogen-bond acceptors (Lipinski definition) is 6. The summed E-state index contributed by atoms with van der Waals surface area (Å²) in [6.45, 7) is 3.05. The van der Waals surface area contributed by atoms with E-state index in [0.717, 1.165) is 44.5 Å². The maximum atomic E-state index is 12.7. The molecule has 1 fully saturated rings. The van der Waals surface area contributed by atoms with Gasteiger partial charge in [0, 0.05) is 29.8 Å². The molecule has 160 valence electrons. The van der Waals surface area contributed by atoms with E-state index in [0.29, 0.717) is 29.2 Å². The molecule has 0 atom stereocenters. The van der Waals surface area contributed by atoms with E-state index < -0.39 is 0 Å².